The van der Waals surface area contributed by atoms with Crippen molar-refractivity contribution in [3.05, 3.63) is 39.9 Å². The number of hydrogen-bond acceptors (Lipinski definition) is 6. The van der Waals surface area contributed by atoms with Gasteiger partial charge in [-0.05, 0) is 36.2 Å². The Balaban J connectivity index is 2.51. The van der Waals surface area contributed by atoms with Crippen molar-refractivity contribution in [2.45, 2.75) is 13.8 Å². The summed E-state index contributed by atoms with van der Waals surface area (Å²) in [7, 11) is -3.84. The first kappa shape index (κ1) is 13.3. The van der Waals surface area contributed by atoms with Gasteiger partial charge in [0.2, 0.25) is 10.0 Å². The number of nitrogens with zero attached hydrogens (tertiary/aromatic N) is 2. The van der Waals surface area contributed by atoms with Crippen molar-refractivity contribution in [3.8, 4) is 11.8 Å². The number of rotatable bonds is 3. The van der Waals surface area contributed by atoms with Gasteiger partial charge in [0.15, 0.2) is 0 Å². The summed E-state index contributed by atoms with van der Waals surface area (Å²) in [5.41, 5.74) is 1.71. The zero-order valence-electron chi connectivity index (χ0n) is 10.6. The second-order valence-corrected chi connectivity index (χ2v) is 5.96. The van der Waals surface area contributed by atoms with E-state index in [0.29, 0.717) is 9.72 Å². The zero-order chi connectivity index (χ0) is 14.2. The first-order valence-corrected chi connectivity index (χ1v) is 7.18. The molecule has 2 aromatic rings. The van der Waals surface area contributed by atoms with E-state index in [0.717, 1.165) is 17.4 Å². The molecule has 0 amide bonds. The molecule has 1 aromatic carbocycles. The maximum atomic E-state index is 11.5. The lowest BCUT2D eigenvalue weighted by atomic mass is 10.1. The minimum Gasteiger partial charge on any atom is -0.422 e. The fourth-order valence-corrected chi connectivity index (χ4v) is 2.14. The van der Waals surface area contributed by atoms with Crippen molar-refractivity contribution >= 4 is 10.0 Å². The van der Waals surface area contributed by atoms with Crippen LogP contribution in [0.3, 0.4) is 0 Å². The Morgan fingerprint density at radius 1 is 1.32 bits per heavy atom. The highest BCUT2D eigenvalue weighted by atomic mass is 32.2. The third kappa shape index (κ3) is 2.68. The van der Waals surface area contributed by atoms with Gasteiger partial charge in [-0.2, -0.15) is 0 Å². The molecule has 102 valence electrons. The maximum Gasteiger partial charge on any atom is 0.458 e. The Kier molecular flexibility index (Phi) is 3.19. The van der Waals surface area contributed by atoms with Gasteiger partial charge in [-0.3, -0.25) is 4.52 Å². The Morgan fingerprint density at radius 2 is 2.00 bits per heavy atom. The molecule has 0 saturated carbocycles. The molecular weight excluding hydrogens is 272 g/mol. The molecule has 2 rings (SSSR count). The fraction of sp³-hybridized carbons (Fsp3) is 0.273. The average Bonchev–Trinajstić information content (AvgIpc) is 2.64. The minimum atomic E-state index is -3.84. The maximum absolute atomic E-state index is 11.5. The van der Waals surface area contributed by atoms with Gasteiger partial charge in [0.1, 0.15) is 5.75 Å². The van der Waals surface area contributed by atoms with Gasteiger partial charge in [-0.25, -0.2) is 13.2 Å². The molecule has 0 saturated heterocycles. The lowest BCUT2D eigenvalue weighted by Crippen LogP contribution is -2.22. The zero-order valence-corrected chi connectivity index (χ0v) is 11.4. The van der Waals surface area contributed by atoms with E-state index in [1.807, 2.05) is 19.1 Å². The van der Waals surface area contributed by atoms with E-state index < -0.39 is 21.8 Å². The van der Waals surface area contributed by atoms with Crippen molar-refractivity contribution in [1.82, 2.24) is 9.13 Å². The van der Waals surface area contributed by atoms with Crippen LogP contribution in [0.2, 0.25) is 0 Å². The summed E-state index contributed by atoms with van der Waals surface area (Å²) in [6, 6.07) is 4.99. The Bertz CT molecular complexity index is 773. The van der Waals surface area contributed by atoms with Gasteiger partial charge in [0.05, 0.1) is 6.26 Å². The van der Waals surface area contributed by atoms with E-state index >= 15 is 0 Å². The van der Waals surface area contributed by atoms with Crippen LogP contribution in [0.25, 0.3) is 0 Å². The van der Waals surface area contributed by atoms with E-state index in [2.05, 4.69) is 9.68 Å². The second kappa shape index (κ2) is 4.54. The number of aromatic nitrogens is 2. The standard InChI is InChI=1S/C11H12N2O5S/c1-7-4-5-8(2)9(6-7)17-10-12-18-11(14)13(10)19(3,15)16/h4-6H,1-3H3. The highest BCUT2D eigenvalue weighted by Gasteiger charge is 2.21. The smallest absolute Gasteiger partial charge is 0.422 e. The molecule has 0 spiro atoms. The summed E-state index contributed by atoms with van der Waals surface area (Å²) in [5.74, 6) is -0.700. The molecular formula is C11H12N2O5S. The van der Waals surface area contributed by atoms with E-state index in [9.17, 15) is 13.2 Å². The van der Waals surface area contributed by atoms with Crippen molar-refractivity contribution in [3.63, 3.8) is 0 Å². The summed E-state index contributed by atoms with van der Waals surface area (Å²) in [5, 5.41) is 3.32. The number of benzene rings is 1. The van der Waals surface area contributed by atoms with E-state index in [1.165, 1.54) is 0 Å². The summed E-state index contributed by atoms with van der Waals surface area (Å²) < 4.78 is 33.0. The van der Waals surface area contributed by atoms with Crippen molar-refractivity contribution < 1.29 is 17.7 Å². The van der Waals surface area contributed by atoms with Crippen molar-refractivity contribution in [2.24, 2.45) is 0 Å². The van der Waals surface area contributed by atoms with Crippen molar-refractivity contribution in [1.29, 1.82) is 0 Å². The van der Waals surface area contributed by atoms with Crippen LogP contribution in [0.15, 0.2) is 27.5 Å². The van der Waals surface area contributed by atoms with E-state index in [-0.39, 0.29) is 0 Å². The van der Waals surface area contributed by atoms with Crippen molar-refractivity contribution in [2.75, 3.05) is 6.26 Å². The fourth-order valence-electron chi connectivity index (χ4n) is 1.48. The average molecular weight is 284 g/mol. The molecule has 0 bridgehead atoms. The predicted octanol–water partition coefficient (Wildman–Crippen LogP) is 1.05. The molecule has 0 atom stereocenters. The molecule has 0 unspecified atom stereocenters. The molecule has 0 aliphatic rings. The van der Waals surface area contributed by atoms with Crippen LogP contribution in [-0.2, 0) is 10.0 Å². The van der Waals surface area contributed by atoms with Crippen LogP contribution in [0.1, 0.15) is 11.1 Å². The van der Waals surface area contributed by atoms with E-state index in [4.69, 9.17) is 4.74 Å². The highest BCUT2D eigenvalue weighted by molar-refractivity contribution is 7.89. The second-order valence-electron chi connectivity index (χ2n) is 4.13. The summed E-state index contributed by atoms with van der Waals surface area (Å²) in [6.07, 6.45) is 0.863. The molecule has 1 aromatic heterocycles. The molecule has 0 fully saturated rings. The molecule has 19 heavy (non-hydrogen) atoms. The SMILES string of the molecule is Cc1ccc(C)c(Oc2noc(=O)n2S(C)(=O)=O)c1. The van der Waals surface area contributed by atoms with Crippen LogP contribution in [0.5, 0.6) is 11.8 Å². The summed E-state index contributed by atoms with van der Waals surface area (Å²) in [4.78, 5) is 11.3. The Morgan fingerprint density at radius 3 is 2.63 bits per heavy atom. The lowest BCUT2D eigenvalue weighted by Gasteiger charge is -2.07. The predicted molar refractivity (Wildman–Crippen MR) is 67.0 cm³/mol. The molecule has 0 N–H and O–H groups in total. The van der Waals surface area contributed by atoms with Gasteiger partial charge < -0.3 is 4.74 Å². The molecule has 1 heterocycles. The lowest BCUT2D eigenvalue weighted by molar-refractivity contribution is 0.350. The van der Waals surface area contributed by atoms with Crippen LogP contribution in [0, 0.1) is 13.8 Å². The minimum absolute atomic E-state index is 0.370. The number of aryl methyl sites for hydroxylation is 2. The number of ether oxygens (including phenoxy) is 1. The summed E-state index contributed by atoms with van der Waals surface area (Å²) >= 11 is 0. The third-order valence-electron chi connectivity index (χ3n) is 2.42. The van der Waals surface area contributed by atoms with Crippen LogP contribution in [0.4, 0.5) is 0 Å². The van der Waals surface area contributed by atoms with Gasteiger partial charge in [0, 0.05) is 0 Å². The molecule has 7 nitrogen and oxygen atoms in total. The first-order chi connectivity index (χ1) is 8.79. The monoisotopic (exact) mass is 284 g/mol. The van der Waals surface area contributed by atoms with Gasteiger partial charge in [-0.15, -0.1) is 3.97 Å². The molecule has 0 radical (unpaired) electrons. The highest BCUT2D eigenvalue weighted by Crippen LogP contribution is 2.24. The summed E-state index contributed by atoms with van der Waals surface area (Å²) in [6.45, 7) is 3.65. The van der Waals surface area contributed by atoms with Crippen LogP contribution < -0.4 is 10.5 Å². The Hall–Kier alpha value is -2.09. The topological polar surface area (TPSA) is 91.4 Å². The first-order valence-electron chi connectivity index (χ1n) is 5.33. The van der Waals surface area contributed by atoms with Gasteiger partial charge >= 0.3 is 11.8 Å². The van der Waals surface area contributed by atoms with Gasteiger partial charge in [0.25, 0.3) is 0 Å². The van der Waals surface area contributed by atoms with Crippen LogP contribution >= 0.6 is 0 Å². The van der Waals surface area contributed by atoms with Crippen LogP contribution in [-0.4, -0.2) is 23.8 Å². The quantitative estimate of drug-likeness (QED) is 0.836. The normalized spacial score (nSPS) is 11.5. The molecule has 0 aliphatic heterocycles. The number of hydrogen-bond donors (Lipinski definition) is 0. The van der Waals surface area contributed by atoms with Gasteiger partial charge in [-0.1, -0.05) is 12.1 Å². The largest absolute Gasteiger partial charge is 0.458 e. The Labute approximate surface area is 109 Å². The van der Waals surface area contributed by atoms with E-state index in [1.54, 1.807) is 13.0 Å². The third-order valence-corrected chi connectivity index (χ3v) is 3.39. The molecule has 8 heteroatoms. The molecule has 0 aliphatic carbocycles.